The lowest BCUT2D eigenvalue weighted by Crippen LogP contribution is -2.01. The zero-order valence-electron chi connectivity index (χ0n) is 9.72. The molecule has 0 aliphatic carbocycles. The lowest BCUT2D eigenvalue weighted by molar-refractivity contribution is 0.686. The predicted molar refractivity (Wildman–Crippen MR) is 67.1 cm³/mol. The minimum atomic E-state index is 0.639. The van der Waals surface area contributed by atoms with Crippen LogP contribution < -0.4 is 5.73 Å². The quantitative estimate of drug-likeness (QED) is 0.873. The van der Waals surface area contributed by atoms with Crippen LogP contribution in [-0.2, 0) is 6.54 Å². The highest BCUT2D eigenvalue weighted by Gasteiger charge is 2.08. The Morgan fingerprint density at radius 2 is 2.06 bits per heavy atom. The van der Waals surface area contributed by atoms with E-state index in [-0.39, 0.29) is 0 Å². The molecule has 2 aromatic rings. The molecule has 2 rings (SSSR count). The van der Waals surface area contributed by atoms with Crippen LogP contribution in [0.5, 0.6) is 0 Å². The molecule has 1 aromatic carbocycles. The van der Waals surface area contributed by atoms with Gasteiger partial charge in [0.15, 0.2) is 0 Å². The Morgan fingerprint density at radius 3 is 2.65 bits per heavy atom. The topological polar surface area (TPSA) is 67.6 Å². The van der Waals surface area contributed by atoms with Crippen LogP contribution in [0, 0.1) is 11.3 Å². The van der Waals surface area contributed by atoms with E-state index in [0.29, 0.717) is 11.4 Å². The molecule has 0 aliphatic rings. The van der Waals surface area contributed by atoms with Crippen molar-refractivity contribution in [1.82, 2.24) is 9.55 Å². The Morgan fingerprint density at radius 1 is 1.35 bits per heavy atom. The minimum absolute atomic E-state index is 0.639. The number of benzene rings is 1. The summed E-state index contributed by atoms with van der Waals surface area (Å²) in [5.74, 6) is 0.677. The van der Waals surface area contributed by atoms with E-state index in [9.17, 15) is 0 Å². The highest BCUT2D eigenvalue weighted by atomic mass is 15.1. The normalized spacial score (nSPS) is 10.1. The van der Waals surface area contributed by atoms with Gasteiger partial charge in [0.05, 0.1) is 18.0 Å². The highest BCUT2D eigenvalue weighted by molar-refractivity contribution is 5.70. The number of imidazole rings is 1. The molecule has 0 saturated heterocycles. The first kappa shape index (κ1) is 11.2. The summed E-state index contributed by atoms with van der Waals surface area (Å²) < 4.78 is 1.94. The standard InChI is InChI=1S/C13H14N4/c1-2-7-17-9-16-12(13(17)15)11-5-3-10(8-14)4-6-11/h3-6,9H,2,7,15H2,1H3. The van der Waals surface area contributed by atoms with Gasteiger partial charge < -0.3 is 10.3 Å². The van der Waals surface area contributed by atoms with Crippen molar-refractivity contribution in [3.63, 3.8) is 0 Å². The third-order valence-corrected chi connectivity index (χ3v) is 2.63. The number of nitrogen functional groups attached to an aromatic ring is 1. The fraction of sp³-hybridized carbons (Fsp3) is 0.231. The smallest absolute Gasteiger partial charge is 0.131 e. The molecule has 1 aromatic heterocycles. The Kier molecular flexibility index (Phi) is 3.10. The average molecular weight is 226 g/mol. The van der Waals surface area contributed by atoms with Crippen LogP contribution in [0.3, 0.4) is 0 Å². The Balaban J connectivity index is 2.36. The van der Waals surface area contributed by atoms with E-state index in [1.807, 2.05) is 16.7 Å². The molecule has 0 amide bonds. The number of nitriles is 1. The molecule has 0 bridgehead atoms. The van der Waals surface area contributed by atoms with Crippen LogP contribution in [0.15, 0.2) is 30.6 Å². The van der Waals surface area contributed by atoms with E-state index < -0.39 is 0 Å². The van der Waals surface area contributed by atoms with Crippen LogP contribution >= 0.6 is 0 Å². The molecule has 4 heteroatoms. The van der Waals surface area contributed by atoms with Gasteiger partial charge in [-0.15, -0.1) is 0 Å². The molecule has 0 saturated carbocycles. The van der Waals surface area contributed by atoms with E-state index in [4.69, 9.17) is 11.0 Å². The number of nitrogens with zero attached hydrogens (tertiary/aromatic N) is 3. The Hall–Kier alpha value is -2.28. The molecule has 0 aliphatic heterocycles. The summed E-state index contributed by atoms with van der Waals surface area (Å²) in [5.41, 5.74) is 8.39. The molecule has 0 spiro atoms. The van der Waals surface area contributed by atoms with E-state index in [1.54, 1.807) is 18.5 Å². The molecule has 0 fully saturated rings. The number of rotatable bonds is 3. The molecule has 0 radical (unpaired) electrons. The monoisotopic (exact) mass is 226 g/mol. The lowest BCUT2D eigenvalue weighted by Gasteiger charge is -2.03. The molecule has 86 valence electrons. The first-order chi connectivity index (χ1) is 8.26. The molecule has 0 atom stereocenters. The van der Waals surface area contributed by atoms with Crippen molar-refractivity contribution >= 4 is 5.82 Å². The van der Waals surface area contributed by atoms with Gasteiger partial charge in [-0.2, -0.15) is 5.26 Å². The van der Waals surface area contributed by atoms with Crippen molar-refractivity contribution < 1.29 is 0 Å². The highest BCUT2D eigenvalue weighted by Crippen LogP contribution is 2.24. The lowest BCUT2D eigenvalue weighted by atomic mass is 10.1. The van der Waals surface area contributed by atoms with Crippen LogP contribution in [-0.4, -0.2) is 9.55 Å². The number of aromatic nitrogens is 2. The number of hydrogen-bond acceptors (Lipinski definition) is 3. The number of anilines is 1. The van der Waals surface area contributed by atoms with E-state index in [0.717, 1.165) is 24.2 Å². The third kappa shape index (κ3) is 2.13. The van der Waals surface area contributed by atoms with Gasteiger partial charge in [0.2, 0.25) is 0 Å². The Labute approximate surface area is 100 Å². The van der Waals surface area contributed by atoms with Crippen LogP contribution in [0.25, 0.3) is 11.3 Å². The van der Waals surface area contributed by atoms with Gasteiger partial charge in [-0.25, -0.2) is 4.98 Å². The molecular formula is C13H14N4. The zero-order valence-corrected chi connectivity index (χ0v) is 9.72. The number of aryl methyl sites for hydroxylation is 1. The zero-order chi connectivity index (χ0) is 12.3. The molecular weight excluding hydrogens is 212 g/mol. The van der Waals surface area contributed by atoms with Crippen molar-refractivity contribution in [2.75, 3.05) is 5.73 Å². The van der Waals surface area contributed by atoms with Crippen LogP contribution in [0.1, 0.15) is 18.9 Å². The van der Waals surface area contributed by atoms with Gasteiger partial charge in [-0.05, 0) is 18.6 Å². The summed E-state index contributed by atoms with van der Waals surface area (Å²) in [4.78, 5) is 4.32. The van der Waals surface area contributed by atoms with E-state index in [2.05, 4.69) is 18.0 Å². The molecule has 1 heterocycles. The fourth-order valence-electron chi connectivity index (χ4n) is 1.74. The van der Waals surface area contributed by atoms with Gasteiger partial charge >= 0.3 is 0 Å². The third-order valence-electron chi connectivity index (χ3n) is 2.63. The maximum atomic E-state index is 8.73. The van der Waals surface area contributed by atoms with Crippen molar-refractivity contribution in [2.24, 2.45) is 0 Å². The van der Waals surface area contributed by atoms with Gasteiger partial charge in [-0.1, -0.05) is 19.1 Å². The number of nitrogens with two attached hydrogens (primary N) is 1. The van der Waals surface area contributed by atoms with Crippen molar-refractivity contribution in [3.05, 3.63) is 36.2 Å². The largest absolute Gasteiger partial charge is 0.383 e. The summed E-state index contributed by atoms with van der Waals surface area (Å²) in [6, 6.07) is 9.37. The predicted octanol–water partition coefficient (Wildman–Crippen LogP) is 2.41. The van der Waals surface area contributed by atoms with E-state index >= 15 is 0 Å². The number of hydrogen-bond donors (Lipinski definition) is 1. The average Bonchev–Trinajstić information content (AvgIpc) is 2.72. The maximum Gasteiger partial charge on any atom is 0.131 e. The van der Waals surface area contributed by atoms with Gasteiger partial charge in [0.1, 0.15) is 11.5 Å². The summed E-state index contributed by atoms with van der Waals surface area (Å²) in [5, 5.41) is 8.73. The molecule has 4 nitrogen and oxygen atoms in total. The Bertz CT molecular complexity index is 546. The maximum absolute atomic E-state index is 8.73. The van der Waals surface area contributed by atoms with Gasteiger partial charge in [0.25, 0.3) is 0 Å². The molecule has 0 unspecified atom stereocenters. The summed E-state index contributed by atoms with van der Waals surface area (Å²) in [6.45, 7) is 2.97. The molecule has 17 heavy (non-hydrogen) atoms. The second-order valence-electron chi connectivity index (χ2n) is 3.86. The van der Waals surface area contributed by atoms with Crippen molar-refractivity contribution in [1.29, 1.82) is 5.26 Å². The molecule has 2 N–H and O–H groups in total. The second kappa shape index (κ2) is 4.71. The van der Waals surface area contributed by atoms with Crippen LogP contribution in [0.4, 0.5) is 5.82 Å². The first-order valence-electron chi connectivity index (χ1n) is 5.57. The van der Waals surface area contributed by atoms with Crippen LogP contribution in [0.2, 0.25) is 0 Å². The second-order valence-corrected chi connectivity index (χ2v) is 3.86. The first-order valence-corrected chi connectivity index (χ1v) is 5.57. The van der Waals surface area contributed by atoms with Gasteiger partial charge in [0, 0.05) is 12.1 Å². The minimum Gasteiger partial charge on any atom is -0.383 e. The van der Waals surface area contributed by atoms with Gasteiger partial charge in [-0.3, -0.25) is 0 Å². The van der Waals surface area contributed by atoms with E-state index in [1.165, 1.54) is 0 Å². The fourth-order valence-corrected chi connectivity index (χ4v) is 1.74. The summed E-state index contributed by atoms with van der Waals surface area (Å²) in [6.07, 6.45) is 2.78. The summed E-state index contributed by atoms with van der Waals surface area (Å²) in [7, 11) is 0. The summed E-state index contributed by atoms with van der Waals surface area (Å²) >= 11 is 0. The van der Waals surface area contributed by atoms with Crippen molar-refractivity contribution in [2.45, 2.75) is 19.9 Å². The SMILES string of the molecule is CCCn1cnc(-c2ccc(C#N)cc2)c1N. The van der Waals surface area contributed by atoms with Crippen molar-refractivity contribution in [3.8, 4) is 17.3 Å².